The van der Waals surface area contributed by atoms with Gasteiger partial charge in [-0.2, -0.15) is 0 Å². The van der Waals surface area contributed by atoms with Gasteiger partial charge in [0, 0.05) is 0 Å². The standard InChI is InChI=1S/2C4H7NO2.CH4N2O/c2*1-3(6)2-4(5)7;2-1(3)4/h2*2H2,1H3,(H2,5,7);(H4,2,3,4). The molecule has 0 fully saturated rings. The Morgan fingerprint density at radius 1 is 0.667 bits per heavy atom. The van der Waals surface area contributed by atoms with Gasteiger partial charge < -0.3 is 22.9 Å². The SMILES string of the molecule is CC(=O)CC(N)=O.CC(=O)CC(N)=O.NC(N)=O. The van der Waals surface area contributed by atoms with Gasteiger partial charge in [-0.3, -0.25) is 19.2 Å². The van der Waals surface area contributed by atoms with Crippen molar-refractivity contribution in [3.8, 4) is 0 Å². The first kappa shape index (κ1) is 20.9. The van der Waals surface area contributed by atoms with E-state index in [2.05, 4.69) is 22.9 Å². The molecule has 104 valence electrons. The van der Waals surface area contributed by atoms with Crippen LogP contribution in [0.2, 0.25) is 0 Å². The maximum Gasteiger partial charge on any atom is 0.309 e. The van der Waals surface area contributed by atoms with Gasteiger partial charge in [-0.25, -0.2) is 4.79 Å². The Morgan fingerprint density at radius 2 is 0.833 bits per heavy atom. The van der Waals surface area contributed by atoms with Gasteiger partial charge in [0.15, 0.2) is 0 Å². The number of Topliss-reactive ketones (excluding diaryl/α,β-unsaturated/α-hetero) is 2. The third-order valence-corrected chi connectivity index (χ3v) is 0.846. The van der Waals surface area contributed by atoms with Gasteiger partial charge >= 0.3 is 6.03 Å². The minimum atomic E-state index is -0.833. The molecule has 0 radical (unpaired) electrons. The molecule has 0 saturated carbocycles. The van der Waals surface area contributed by atoms with Crippen LogP contribution in [0.15, 0.2) is 0 Å². The van der Waals surface area contributed by atoms with Crippen LogP contribution in [0.25, 0.3) is 0 Å². The van der Waals surface area contributed by atoms with Crippen LogP contribution in [-0.4, -0.2) is 29.4 Å². The van der Waals surface area contributed by atoms with Gasteiger partial charge in [0.25, 0.3) is 0 Å². The first-order valence-corrected chi connectivity index (χ1v) is 4.59. The topological polar surface area (TPSA) is 189 Å². The molecule has 0 aliphatic carbocycles. The van der Waals surface area contributed by atoms with Crippen LogP contribution in [0.4, 0.5) is 4.79 Å². The Labute approximate surface area is 104 Å². The van der Waals surface area contributed by atoms with Crippen LogP contribution in [0.1, 0.15) is 26.7 Å². The molecule has 4 amide bonds. The van der Waals surface area contributed by atoms with Crippen molar-refractivity contribution in [2.75, 3.05) is 0 Å². The molecule has 0 heterocycles. The summed E-state index contributed by atoms with van der Waals surface area (Å²) >= 11 is 0. The van der Waals surface area contributed by atoms with Crippen molar-refractivity contribution in [3.63, 3.8) is 0 Å². The quantitative estimate of drug-likeness (QED) is 0.422. The van der Waals surface area contributed by atoms with E-state index in [9.17, 15) is 19.2 Å². The number of hydrogen-bond donors (Lipinski definition) is 4. The Hall–Kier alpha value is -2.45. The van der Waals surface area contributed by atoms with Crippen molar-refractivity contribution in [2.45, 2.75) is 26.7 Å². The molecule has 9 heteroatoms. The zero-order valence-electron chi connectivity index (χ0n) is 10.3. The lowest BCUT2D eigenvalue weighted by molar-refractivity contribution is -0.126. The summed E-state index contributed by atoms with van der Waals surface area (Å²) in [6.45, 7) is 2.65. The zero-order valence-corrected chi connectivity index (χ0v) is 10.3. The molecule has 0 rings (SSSR count). The lowest BCUT2D eigenvalue weighted by Gasteiger charge is -1.82. The molecule has 18 heavy (non-hydrogen) atoms. The van der Waals surface area contributed by atoms with E-state index in [1.807, 2.05) is 0 Å². The summed E-state index contributed by atoms with van der Waals surface area (Å²) < 4.78 is 0. The molecular weight excluding hydrogens is 244 g/mol. The highest BCUT2D eigenvalue weighted by atomic mass is 16.2. The number of carbonyl (C=O) groups excluding carboxylic acids is 5. The second kappa shape index (κ2) is 12.6. The van der Waals surface area contributed by atoms with E-state index < -0.39 is 17.8 Å². The summed E-state index contributed by atoms with van der Waals surface area (Å²) in [5.41, 5.74) is 17.8. The van der Waals surface area contributed by atoms with Crippen molar-refractivity contribution < 1.29 is 24.0 Å². The van der Waals surface area contributed by atoms with E-state index in [-0.39, 0.29) is 24.4 Å². The molecule has 0 aromatic rings. The van der Waals surface area contributed by atoms with Crippen LogP contribution in [0, 0.1) is 0 Å². The molecule has 9 nitrogen and oxygen atoms in total. The molecule has 0 saturated heterocycles. The highest BCUT2D eigenvalue weighted by molar-refractivity contribution is 5.96. The number of nitrogens with two attached hydrogens (primary N) is 4. The lowest BCUT2D eigenvalue weighted by Crippen LogP contribution is -2.18. The average molecular weight is 262 g/mol. The largest absolute Gasteiger partial charge is 0.369 e. The molecule has 0 aliphatic rings. The smallest absolute Gasteiger partial charge is 0.309 e. The van der Waals surface area contributed by atoms with Gasteiger partial charge in [0.05, 0.1) is 12.8 Å². The van der Waals surface area contributed by atoms with Gasteiger partial charge in [0.1, 0.15) is 11.6 Å². The third-order valence-electron chi connectivity index (χ3n) is 0.846. The van der Waals surface area contributed by atoms with Crippen LogP contribution in [0.5, 0.6) is 0 Å². The van der Waals surface area contributed by atoms with Gasteiger partial charge in [-0.1, -0.05) is 0 Å². The van der Waals surface area contributed by atoms with Crippen molar-refractivity contribution in [1.29, 1.82) is 0 Å². The first-order chi connectivity index (χ1) is 7.98. The maximum atomic E-state index is 9.95. The molecule has 0 bridgehead atoms. The van der Waals surface area contributed by atoms with Crippen molar-refractivity contribution >= 4 is 29.4 Å². The monoisotopic (exact) mass is 262 g/mol. The normalized spacial score (nSPS) is 7.67. The summed E-state index contributed by atoms with van der Waals surface area (Å²) in [4.78, 5) is 48.5. The number of hydrogen-bond acceptors (Lipinski definition) is 5. The second-order valence-electron chi connectivity index (χ2n) is 3.09. The minimum absolute atomic E-state index is 0.139. The fourth-order valence-corrected chi connectivity index (χ4v) is 0.491. The molecular formula is C9H18N4O5. The predicted octanol–water partition coefficient (Wildman–Crippen LogP) is -2.07. The van der Waals surface area contributed by atoms with E-state index in [0.717, 1.165) is 0 Å². The van der Waals surface area contributed by atoms with E-state index >= 15 is 0 Å². The van der Waals surface area contributed by atoms with Crippen LogP contribution in [0.3, 0.4) is 0 Å². The zero-order chi connectivity index (χ0) is 15.3. The number of amides is 4. The van der Waals surface area contributed by atoms with Gasteiger partial charge in [0.2, 0.25) is 11.8 Å². The predicted molar refractivity (Wildman–Crippen MR) is 62.8 cm³/mol. The van der Waals surface area contributed by atoms with Crippen molar-refractivity contribution in [1.82, 2.24) is 0 Å². The summed E-state index contributed by atoms with van der Waals surface area (Å²) in [6, 6.07) is -0.833. The molecule has 0 aromatic heterocycles. The van der Waals surface area contributed by atoms with Crippen molar-refractivity contribution in [2.24, 2.45) is 22.9 Å². The molecule has 8 N–H and O–H groups in total. The highest BCUT2D eigenvalue weighted by Crippen LogP contribution is 1.75. The Kier molecular flexibility index (Phi) is 14.7. The summed E-state index contributed by atoms with van der Waals surface area (Å²) in [6.07, 6.45) is -0.278. The fourth-order valence-electron chi connectivity index (χ4n) is 0.491. The summed E-state index contributed by atoms with van der Waals surface area (Å²) in [5.74, 6) is -1.50. The van der Waals surface area contributed by atoms with E-state index in [4.69, 9.17) is 4.79 Å². The number of carbonyl (C=O) groups is 5. The Bertz CT molecular complexity index is 273. The number of ketones is 2. The molecule has 0 unspecified atom stereocenters. The molecule has 0 spiro atoms. The number of rotatable bonds is 4. The van der Waals surface area contributed by atoms with Crippen molar-refractivity contribution in [3.05, 3.63) is 0 Å². The van der Waals surface area contributed by atoms with Gasteiger partial charge in [-0.15, -0.1) is 0 Å². The van der Waals surface area contributed by atoms with Crippen LogP contribution >= 0.6 is 0 Å². The maximum absolute atomic E-state index is 9.95. The van der Waals surface area contributed by atoms with E-state index in [1.54, 1.807) is 0 Å². The average Bonchev–Trinajstić information content (AvgIpc) is 1.96. The Balaban J connectivity index is -0.000000196. The van der Waals surface area contributed by atoms with Gasteiger partial charge in [-0.05, 0) is 13.8 Å². The van der Waals surface area contributed by atoms with E-state index in [0.29, 0.717) is 0 Å². The second-order valence-corrected chi connectivity index (χ2v) is 3.09. The Morgan fingerprint density at radius 3 is 0.833 bits per heavy atom. The fraction of sp³-hybridized carbons (Fsp3) is 0.444. The molecule has 0 aliphatic heterocycles. The number of urea groups is 1. The highest BCUT2D eigenvalue weighted by Gasteiger charge is 1.96. The van der Waals surface area contributed by atoms with Crippen LogP contribution in [-0.2, 0) is 19.2 Å². The molecule has 0 aromatic carbocycles. The lowest BCUT2D eigenvalue weighted by atomic mass is 10.3. The first-order valence-electron chi connectivity index (χ1n) is 4.59. The summed E-state index contributed by atoms with van der Waals surface area (Å²) in [7, 11) is 0. The third kappa shape index (κ3) is 69.3. The van der Waals surface area contributed by atoms with Crippen LogP contribution < -0.4 is 22.9 Å². The number of primary amides is 4. The minimum Gasteiger partial charge on any atom is -0.369 e. The molecule has 0 atom stereocenters. The summed E-state index contributed by atoms with van der Waals surface area (Å²) in [5, 5.41) is 0. The van der Waals surface area contributed by atoms with E-state index in [1.165, 1.54) is 13.8 Å².